The Hall–Kier alpha value is -2.64. The van der Waals surface area contributed by atoms with Crippen LogP contribution >= 0.6 is 23.2 Å². The summed E-state index contributed by atoms with van der Waals surface area (Å²) in [5.74, 6) is 0.441. The summed E-state index contributed by atoms with van der Waals surface area (Å²) in [6, 6.07) is 7.54. The maximum Gasteiger partial charge on any atom is 0.270 e. The van der Waals surface area contributed by atoms with Crippen molar-refractivity contribution in [1.29, 1.82) is 0 Å². The van der Waals surface area contributed by atoms with E-state index in [-0.39, 0.29) is 18.2 Å². The van der Waals surface area contributed by atoms with Gasteiger partial charge in [0.2, 0.25) is 5.91 Å². The van der Waals surface area contributed by atoms with Gasteiger partial charge in [-0.2, -0.15) is 5.10 Å². The first-order chi connectivity index (χ1) is 14.8. The summed E-state index contributed by atoms with van der Waals surface area (Å²) in [6.07, 6.45) is 2.18. The van der Waals surface area contributed by atoms with Crippen molar-refractivity contribution in [3.8, 4) is 0 Å². The fraction of sp³-hybridized carbons (Fsp3) is 0.364. The summed E-state index contributed by atoms with van der Waals surface area (Å²) in [5, 5.41) is 6.82. The van der Waals surface area contributed by atoms with Crippen LogP contribution in [-0.2, 0) is 9.59 Å². The highest BCUT2D eigenvalue weighted by atomic mass is 35.5. The first-order valence-electron chi connectivity index (χ1n) is 10.2. The fourth-order valence-electron chi connectivity index (χ4n) is 3.79. The van der Waals surface area contributed by atoms with Crippen molar-refractivity contribution in [2.45, 2.75) is 26.7 Å². The SMILES string of the molecule is Cc1ccc(C)c(N2N=C(C(=O)N3CCN(c4ncc(Cl)cc4Cl)CC3)CCC2=O)c1. The molecular formula is C22H23Cl2N5O2. The number of benzene rings is 1. The lowest BCUT2D eigenvalue weighted by molar-refractivity contribution is -0.124. The molecule has 0 radical (unpaired) electrons. The zero-order valence-corrected chi connectivity index (χ0v) is 18.9. The molecule has 1 saturated heterocycles. The number of nitrogens with zero attached hydrogens (tertiary/aromatic N) is 5. The number of amides is 2. The van der Waals surface area contributed by atoms with Crippen molar-refractivity contribution in [1.82, 2.24) is 9.88 Å². The lowest BCUT2D eigenvalue weighted by Crippen LogP contribution is -2.51. The van der Waals surface area contributed by atoms with Gasteiger partial charge in [-0.3, -0.25) is 9.59 Å². The summed E-state index contributed by atoms with van der Waals surface area (Å²) < 4.78 is 0. The van der Waals surface area contributed by atoms with Crippen LogP contribution in [0.25, 0.3) is 0 Å². The number of aryl methyl sites for hydroxylation is 2. The summed E-state index contributed by atoms with van der Waals surface area (Å²) >= 11 is 12.2. The lowest BCUT2D eigenvalue weighted by atomic mass is 10.1. The van der Waals surface area contributed by atoms with Crippen LogP contribution in [-0.4, -0.2) is 53.6 Å². The summed E-state index contributed by atoms with van der Waals surface area (Å²) in [6.45, 7) is 6.16. The van der Waals surface area contributed by atoms with Gasteiger partial charge in [-0.25, -0.2) is 9.99 Å². The zero-order valence-electron chi connectivity index (χ0n) is 17.4. The number of carbonyl (C=O) groups excluding carboxylic acids is 2. The molecule has 2 aromatic rings. The van der Waals surface area contributed by atoms with E-state index in [0.29, 0.717) is 54.2 Å². The van der Waals surface area contributed by atoms with Crippen LogP contribution in [0.1, 0.15) is 24.0 Å². The fourth-order valence-corrected chi connectivity index (χ4v) is 4.29. The third-order valence-corrected chi connectivity index (χ3v) is 6.01. The van der Waals surface area contributed by atoms with Gasteiger partial charge in [-0.05, 0) is 37.1 Å². The molecule has 2 aliphatic rings. The summed E-state index contributed by atoms with van der Waals surface area (Å²) in [7, 11) is 0. The highest BCUT2D eigenvalue weighted by molar-refractivity contribution is 6.40. The van der Waals surface area contributed by atoms with Gasteiger partial charge in [0.15, 0.2) is 0 Å². The van der Waals surface area contributed by atoms with Crippen LogP contribution in [0.15, 0.2) is 35.6 Å². The molecule has 0 saturated carbocycles. The molecule has 2 amide bonds. The monoisotopic (exact) mass is 459 g/mol. The minimum Gasteiger partial charge on any atom is -0.352 e. The number of halogens is 2. The molecule has 0 N–H and O–H groups in total. The van der Waals surface area contributed by atoms with Crippen molar-refractivity contribution in [2.75, 3.05) is 36.1 Å². The van der Waals surface area contributed by atoms with E-state index in [4.69, 9.17) is 23.2 Å². The van der Waals surface area contributed by atoms with Gasteiger partial charge in [0, 0.05) is 45.2 Å². The number of hydrogen-bond acceptors (Lipinski definition) is 5. The second kappa shape index (κ2) is 8.85. The quantitative estimate of drug-likeness (QED) is 0.698. The Kier molecular flexibility index (Phi) is 6.16. The molecule has 1 aromatic heterocycles. The number of hydrogen-bond donors (Lipinski definition) is 0. The van der Waals surface area contributed by atoms with E-state index in [0.717, 1.165) is 16.8 Å². The molecule has 4 rings (SSSR count). The second-order valence-electron chi connectivity index (χ2n) is 7.78. The number of pyridine rings is 1. The average molecular weight is 460 g/mol. The van der Waals surface area contributed by atoms with E-state index >= 15 is 0 Å². The normalized spacial score (nSPS) is 17.1. The van der Waals surface area contributed by atoms with E-state index in [2.05, 4.69) is 10.1 Å². The van der Waals surface area contributed by atoms with E-state index in [1.54, 1.807) is 17.2 Å². The van der Waals surface area contributed by atoms with E-state index in [1.165, 1.54) is 5.01 Å². The number of anilines is 2. The molecule has 0 aliphatic carbocycles. The standard InChI is InChI=1S/C22H23Cl2N5O2/c1-14-3-4-15(2)19(11-14)29-20(30)6-5-18(26-29)22(31)28-9-7-27(8-10-28)21-17(24)12-16(23)13-25-21/h3-4,11-13H,5-10H2,1-2H3. The number of aromatic nitrogens is 1. The zero-order chi connectivity index (χ0) is 22.1. The molecule has 2 aliphatic heterocycles. The van der Waals surface area contributed by atoms with E-state index in [1.807, 2.05) is 36.9 Å². The highest BCUT2D eigenvalue weighted by Gasteiger charge is 2.31. The molecule has 0 bridgehead atoms. The summed E-state index contributed by atoms with van der Waals surface area (Å²) in [4.78, 5) is 33.8. The minimum atomic E-state index is -0.127. The van der Waals surface area contributed by atoms with E-state index in [9.17, 15) is 9.59 Å². The number of hydrazone groups is 1. The first kappa shape index (κ1) is 21.6. The second-order valence-corrected chi connectivity index (χ2v) is 8.62. The molecule has 1 aromatic carbocycles. The van der Waals surface area contributed by atoms with Crippen LogP contribution in [0.5, 0.6) is 0 Å². The van der Waals surface area contributed by atoms with Crippen molar-refractivity contribution in [3.05, 3.63) is 51.6 Å². The summed E-state index contributed by atoms with van der Waals surface area (Å²) in [5.41, 5.74) is 3.12. The van der Waals surface area contributed by atoms with Crippen molar-refractivity contribution < 1.29 is 9.59 Å². The van der Waals surface area contributed by atoms with Crippen LogP contribution in [0, 0.1) is 13.8 Å². The Bertz CT molecular complexity index is 1060. The highest BCUT2D eigenvalue weighted by Crippen LogP contribution is 2.28. The topological polar surface area (TPSA) is 69.1 Å². The van der Waals surface area contributed by atoms with Gasteiger partial charge in [0.25, 0.3) is 5.91 Å². The van der Waals surface area contributed by atoms with Gasteiger partial charge in [-0.1, -0.05) is 35.3 Å². The Labute approximate surface area is 191 Å². The van der Waals surface area contributed by atoms with Crippen LogP contribution in [0.2, 0.25) is 10.0 Å². The largest absolute Gasteiger partial charge is 0.352 e. The molecule has 0 atom stereocenters. The van der Waals surface area contributed by atoms with Gasteiger partial charge >= 0.3 is 0 Å². The Morgan fingerprint density at radius 3 is 2.48 bits per heavy atom. The third kappa shape index (κ3) is 4.52. The third-order valence-electron chi connectivity index (χ3n) is 5.53. The molecule has 31 heavy (non-hydrogen) atoms. The van der Waals surface area contributed by atoms with Gasteiger partial charge in [0.1, 0.15) is 11.5 Å². The molecule has 0 unspecified atom stereocenters. The molecule has 0 spiro atoms. The van der Waals surface area contributed by atoms with Gasteiger partial charge in [-0.15, -0.1) is 0 Å². The molecule has 7 nitrogen and oxygen atoms in total. The number of carbonyl (C=O) groups is 2. The van der Waals surface area contributed by atoms with Crippen molar-refractivity contribution >= 4 is 52.2 Å². The molecular weight excluding hydrogens is 437 g/mol. The first-order valence-corrected chi connectivity index (χ1v) is 10.9. The van der Waals surface area contributed by atoms with Crippen molar-refractivity contribution in [3.63, 3.8) is 0 Å². The maximum absolute atomic E-state index is 13.1. The van der Waals surface area contributed by atoms with Crippen molar-refractivity contribution in [2.24, 2.45) is 5.10 Å². The lowest BCUT2D eigenvalue weighted by Gasteiger charge is -2.36. The molecule has 162 valence electrons. The van der Waals surface area contributed by atoms with E-state index < -0.39 is 0 Å². The Morgan fingerprint density at radius 2 is 1.77 bits per heavy atom. The van der Waals surface area contributed by atoms with Gasteiger partial charge in [0.05, 0.1) is 15.7 Å². The molecule has 9 heteroatoms. The average Bonchev–Trinajstić information content (AvgIpc) is 2.76. The number of piperazine rings is 1. The number of rotatable bonds is 3. The maximum atomic E-state index is 13.1. The Morgan fingerprint density at radius 1 is 1.03 bits per heavy atom. The van der Waals surface area contributed by atoms with Gasteiger partial charge < -0.3 is 9.80 Å². The minimum absolute atomic E-state index is 0.0986. The van der Waals surface area contributed by atoms with Crippen LogP contribution in [0.4, 0.5) is 11.5 Å². The predicted molar refractivity (Wildman–Crippen MR) is 123 cm³/mol. The Balaban J connectivity index is 1.48. The molecule has 3 heterocycles. The molecule has 1 fully saturated rings. The smallest absolute Gasteiger partial charge is 0.270 e. The van der Waals surface area contributed by atoms with Crippen LogP contribution in [0.3, 0.4) is 0 Å². The predicted octanol–water partition coefficient (Wildman–Crippen LogP) is 3.84. The van der Waals surface area contributed by atoms with Crippen LogP contribution < -0.4 is 9.91 Å².